The van der Waals surface area contributed by atoms with Gasteiger partial charge in [-0.3, -0.25) is 9.69 Å². The molecule has 0 unspecified atom stereocenters. The average Bonchev–Trinajstić information content (AvgIpc) is 3.22. The number of hydrogen-bond acceptors (Lipinski definition) is 6. The summed E-state index contributed by atoms with van der Waals surface area (Å²) in [6.07, 6.45) is 3.18. The Hall–Kier alpha value is -2.07. The Morgan fingerprint density at radius 1 is 1.32 bits per heavy atom. The predicted molar refractivity (Wildman–Crippen MR) is 114 cm³/mol. The van der Waals surface area contributed by atoms with Gasteiger partial charge in [-0.15, -0.1) is 22.3 Å². The molecular weight excluding hydrogens is 440 g/mol. The Balaban J connectivity index is 1.98. The number of amides is 1. The van der Waals surface area contributed by atoms with Crippen LogP contribution in [0.3, 0.4) is 0 Å². The van der Waals surface area contributed by atoms with Gasteiger partial charge in [-0.2, -0.15) is 8.42 Å². The second-order valence-corrected chi connectivity index (χ2v) is 10.1. The van der Waals surface area contributed by atoms with Crippen LogP contribution in [0.4, 0.5) is 0 Å². The van der Waals surface area contributed by atoms with E-state index in [1.165, 1.54) is 23.1 Å². The van der Waals surface area contributed by atoms with E-state index in [2.05, 4.69) is 11.0 Å². The SMILES string of the molecule is C=CCN1C(=O)/C(=C/c2cccc(OC)c2)SC1=NS(=O)(=O)c1ccc(Cl)s1. The van der Waals surface area contributed by atoms with Gasteiger partial charge < -0.3 is 4.74 Å². The number of thiophene rings is 1. The fourth-order valence-corrected chi connectivity index (χ4v) is 5.98. The van der Waals surface area contributed by atoms with E-state index in [4.69, 9.17) is 16.3 Å². The van der Waals surface area contributed by atoms with Crippen LogP contribution in [-0.4, -0.2) is 38.0 Å². The molecule has 1 saturated heterocycles. The zero-order valence-corrected chi connectivity index (χ0v) is 17.9. The van der Waals surface area contributed by atoms with Gasteiger partial charge >= 0.3 is 0 Å². The van der Waals surface area contributed by atoms with Gasteiger partial charge in [-0.05, 0) is 47.7 Å². The van der Waals surface area contributed by atoms with E-state index in [1.54, 1.807) is 31.4 Å². The molecule has 0 N–H and O–H groups in total. The van der Waals surface area contributed by atoms with Gasteiger partial charge in [0.15, 0.2) is 5.17 Å². The fourth-order valence-electron chi connectivity index (χ4n) is 2.33. The highest BCUT2D eigenvalue weighted by molar-refractivity contribution is 8.19. The molecule has 0 aliphatic carbocycles. The smallest absolute Gasteiger partial charge is 0.294 e. The van der Waals surface area contributed by atoms with Crippen LogP contribution in [0.15, 0.2) is 62.6 Å². The Bertz CT molecular complexity index is 1090. The molecular formula is C18H15ClN2O4S3. The van der Waals surface area contributed by atoms with Crippen molar-refractivity contribution in [3.63, 3.8) is 0 Å². The first-order valence-electron chi connectivity index (χ1n) is 7.90. The van der Waals surface area contributed by atoms with Crippen LogP contribution in [-0.2, 0) is 14.8 Å². The number of sulfonamides is 1. The third kappa shape index (κ3) is 4.49. The highest BCUT2D eigenvalue weighted by atomic mass is 35.5. The standard InChI is InChI=1S/C18H15ClN2O4S3/c1-3-9-21-17(22)14(11-12-5-4-6-13(10-12)25-2)26-18(21)20-28(23,24)16-8-7-15(19)27-16/h3-8,10-11H,1,9H2,2H3/b14-11-,20-18?. The topological polar surface area (TPSA) is 76.0 Å². The van der Waals surface area contributed by atoms with E-state index in [0.29, 0.717) is 15.0 Å². The lowest BCUT2D eigenvalue weighted by atomic mass is 10.2. The number of rotatable bonds is 6. The van der Waals surface area contributed by atoms with Gasteiger partial charge in [-0.1, -0.05) is 29.8 Å². The summed E-state index contributed by atoms with van der Waals surface area (Å²) < 4.78 is 34.5. The Morgan fingerprint density at radius 3 is 2.75 bits per heavy atom. The largest absolute Gasteiger partial charge is 0.497 e. The third-order valence-corrected chi connectivity index (χ3v) is 7.68. The van der Waals surface area contributed by atoms with Gasteiger partial charge in [0, 0.05) is 6.54 Å². The number of carbonyl (C=O) groups is 1. The predicted octanol–water partition coefficient (Wildman–Crippen LogP) is 4.26. The molecule has 1 aromatic carbocycles. The minimum atomic E-state index is -3.98. The van der Waals surface area contributed by atoms with Gasteiger partial charge in [0.2, 0.25) is 0 Å². The minimum absolute atomic E-state index is 0.0156. The Morgan fingerprint density at radius 2 is 2.11 bits per heavy atom. The lowest BCUT2D eigenvalue weighted by Crippen LogP contribution is -2.29. The molecule has 1 fully saturated rings. The number of hydrogen-bond donors (Lipinski definition) is 0. The molecule has 2 aromatic rings. The molecule has 1 amide bonds. The van der Waals surface area contributed by atoms with Crippen molar-refractivity contribution in [2.75, 3.05) is 13.7 Å². The maximum absolute atomic E-state index is 12.8. The Labute approximate surface area is 176 Å². The van der Waals surface area contributed by atoms with Crippen LogP contribution in [0.5, 0.6) is 5.75 Å². The number of benzene rings is 1. The summed E-state index contributed by atoms with van der Waals surface area (Å²) >= 11 is 7.73. The van der Waals surface area contributed by atoms with Crippen molar-refractivity contribution in [2.45, 2.75) is 4.21 Å². The molecule has 3 rings (SSSR count). The van der Waals surface area contributed by atoms with Crippen molar-refractivity contribution in [3.8, 4) is 5.75 Å². The normalized spacial score (nSPS) is 17.5. The van der Waals surface area contributed by atoms with Gasteiger partial charge in [-0.25, -0.2) is 0 Å². The maximum atomic E-state index is 12.8. The summed E-state index contributed by atoms with van der Waals surface area (Å²) in [6, 6.07) is 10.1. The van der Waals surface area contributed by atoms with Crippen molar-refractivity contribution in [3.05, 3.63) is 63.9 Å². The molecule has 0 radical (unpaired) electrons. The van der Waals surface area contributed by atoms with Crippen LogP contribution in [0.2, 0.25) is 4.34 Å². The molecule has 0 atom stereocenters. The molecule has 2 heterocycles. The summed E-state index contributed by atoms with van der Waals surface area (Å²) in [6.45, 7) is 3.76. The zero-order valence-electron chi connectivity index (χ0n) is 14.7. The summed E-state index contributed by atoms with van der Waals surface area (Å²) in [5.41, 5.74) is 0.753. The van der Waals surface area contributed by atoms with Gasteiger partial charge in [0.1, 0.15) is 9.96 Å². The highest BCUT2D eigenvalue weighted by Gasteiger charge is 2.34. The fraction of sp³-hybridized carbons (Fsp3) is 0.111. The number of ether oxygens (including phenoxy) is 1. The number of methoxy groups -OCH3 is 1. The van der Waals surface area contributed by atoms with Crippen LogP contribution in [0, 0.1) is 0 Å². The monoisotopic (exact) mass is 454 g/mol. The first kappa shape index (κ1) is 20.7. The summed E-state index contributed by atoms with van der Waals surface area (Å²) in [5.74, 6) is 0.310. The Kier molecular flexibility index (Phi) is 6.29. The summed E-state index contributed by atoms with van der Waals surface area (Å²) in [5, 5.41) is 0.0727. The van der Waals surface area contributed by atoms with E-state index in [1.807, 2.05) is 6.07 Å². The van der Waals surface area contributed by atoms with Crippen molar-refractivity contribution in [1.29, 1.82) is 0 Å². The molecule has 146 valence electrons. The van der Waals surface area contributed by atoms with Crippen molar-refractivity contribution < 1.29 is 17.9 Å². The van der Waals surface area contributed by atoms with E-state index in [-0.39, 0.29) is 21.8 Å². The van der Waals surface area contributed by atoms with E-state index in [0.717, 1.165) is 28.7 Å². The van der Waals surface area contributed by atoms with Crippen molar-refractivity contribution in [2.24, 2.45) is 4.40 Å². The quantitative estimate of drug-likeness (QED) is 0.481. The van der Waals surface area contributed by atoms with E-state index >= 15 is 0 Å². The molecule has 1 aliphatic rings. The lowest BCUT2D eigenvalue weighted by molar-refractivity contribution is -0.121. The van der Waals surface area contributed by atoms with Crippen molar-refractivity contribution >= 4 is 61.9 Å². The molecule has 28 heavy (non-hydrogen) atoms. The van der Waals surface area contributed by atoms with E-state index < -0.39 is 10.0 Å². The maximum Gasteiger partial charge on any atom is 0.294 e. The number of halogens is 1. The molecule has 0 bridgehead atoms. The van der Waals surface area contributed by atoms with Gasteiger partial charge in [0.25, 0.3) is 15.9 Å². The second-order valence-electron chi connectivity index (χ2n) is 5.50. The molecule has 1 aliphatic heterocycles. The zero-order chi connectivity index (χ0) is 20.3. The van der Waals surface area contributed by atoms with Crippen LogP contribution in [0.1, 0.15) is 5.56 Å². The first-order valence-corrected chi connectivity index (χ1v) is 11.4. The average molecular weight is 455 g/mol. The van der Waals surface area contributed by atoms with Crippen LogP contribution in [0.25, 0.3) is 6.08 Å². The molecule has 0 spiro atoms. The summed E-state index contributed by atoms with van der Waals surface area (Å²) in [4.78, 5) is 14.4. The second kappa shape index (κ2) is 8.52. The van der Waals surface area contributed by atoms with Crippen LogP contribution >= 0.6 is 34.7 Å². The molecule has 1 aromatic heterocycles. The third-order valence-electron chi connectivity index (χ3n) is 3.59. The molecule has 0 saturated carbocycles. The number of nitrogens with zero attached hydrogens (tertiary/aromatic N) is 2. The van der Waals surface area contributed by atoms with Crippen LogP contribution < -0.4 is 4.74 Å². The van der Waals surface area contributed by atoms with Gasteiger partial charge in [0.05, 0.1) is 16.4 Å². The first-order chi connectivity index (χ1) is 13.3. The minimum Gasteiger partial charge on any atom is -0.497 e. The molecule has 10 heteroatoms. The van der Waals surface area contributed by atoms with E-state index in [9.17, 15) is 13.2 Å². The van der Waals surface area contributed by atoms with Crippen molar-refractivity contribution in [1.82, 2.24) is 4.90 Å². The molecule has 6 nitrogen and oxygen atoms in total. The number of amidine groups is 1. The highest BCUT2D eigenvalue weighted by Crippen LogP contribution is 2.35. The number of carbonyl (C=O) groups excluding carboxylic acids is 1. The lowest BCUT2D eigenvalue weighted by Gasteiger charge is -2.12. The summed E-state index contributed by atoms with van der Waals surface area (Å²) in [7, 11) is -2.42. The number of thioether (sulfide) groups is 1.